The van der Waals surface area contributed by atoms with Gasteiger partial charge in [0.25, 0.3) is 0 Å². The number of aromatic carboxylic acids is 1. The molecule has 2 aromatic heterocycles. The molecule has 0 radical (unpaired) electrons. The second kappa shape index (κ2) is 6.11. The van der Waals surface area contributed by atoms with E-state index in [2.05, 4.69) is 17.2 Å². The van der Waals surface area contributed by atoms with Crippen molar-refractivity contribution in [2.75, 3.05) is 0 Å². The van der Waals surface area contributed by atoms with Gasteiger partial charge < -0.3 is 5.11 Å². The summed E-state index contributed by atoms with van der Waals surface area (Å²) in [6.07, 6.45) is 1.46. The topological polar surface area (TPSA) is 68.0 Å². The first kappa shape index (κ1) is 14.5. The first-order chi connectivity index (χ1) is 10.7. The standard InChI is InChI=1S/C16H15N3O2S/c1-2-11-5-7-12(8-6-11)19-14(10-13-4-3-9-22-13)15(16(20)21)17-18-19/h3-9H,2,10H2,1H3,(H,20,21). The van der Waals surface area contributed by atoms with Crippen molar-refractivity contribution in [3.05, 3.63) is 63.6 Å². The number of rotatable bonds is 5. The van der Waals surface area contributed by atoms with Crippen LogP contribution in [0.1, 0.15) is 33.5 Å². The maximum Gasteiger partial charge on any atom is 0.358 e. The zero-order valence-electron chi connectivity index (χ0n) is 12.1. The minimum atomic E-state index is -1.05. The van der Waals surface area contributed by atoms with Crippen LogP contribution in [0.15, 0.2) is 41.8 Å². The fourth-order valence-corrected chi connectivity index (χ4v) is 2.99. The molecule has 3 aromatic rings. The number of aromatic nitrogens is 3. The number of benzene rings is 1. The third kappa shape index (κ3) is 2.78. The lowest BCUT2D eigenvalue weighted by Gasteiger charge is -2.07. The molecule has 5 nitrogen and oxygen atoms in total. The molecule has 2 heterocycles. The molecule has 0 amide bonds. The lowest BCUT2D eigenvalue weighted by Crippen LogP contribution is -2.07. The Bertz CT molecular complexity index is 776. The highest BCUT2D eigenvalue weighted by molar-refractivity contribution is 7.09. The van der Waals surface area contributed by atoms with E-state index in [0.29, 0.717) is 12.1 Å². The quantitative estimate of drug-likeness (QED) is 0.785. The fourth-order valence-electron chi connectivity index (χ4n) is 2.28. The lowest BCUT2D eigenvalue weighted by molar-refractivity contribution is 0.0689. The van der Waals surface area contributed by atoms with Gasteiger partial charge in [-0.05, 0) is 35.6 Å². The second-order valence-corrected chi connectivity index (χ2v) is 5.91. The van der Waals surface area contributed by atoms with Gasteiger partial charge in [0, 0.05) is 11.3 Å². The molecule has 112 valence electrons. The van der Waals surface area contributed by atoms with Crippen molar-refractivity contribution in [3.63, 3.8) is 0 Å². The molecule has 1 N–H and O–H groups in total. The second-order valence-electron chi connectivity index (χ2n) is 4.88. The Hall–Kier alpha value is -2.47. The number of aryl methyl sites for hydroxylation is 1. The van der Waals surface area contributed by atoms with E-state index < -0.39 is 5.97 Å². The van der Waals surface area contributed by atoms with Gasteiger partial charge in [-0.1, -0.05) is 30.3 Å². The van der Waals surface area contributed by atoms with E-state index in [1.165, 1.54) is 5.56 Å². The molecule has 0 spiro atoms. The number of thiophene rings is 1. The summed E-state index contributed by atoms with van der Waals surface area (Å²) >= 11 is 1.59. The summed E-state index contributed by atoms with van der Waals surface area (Å²) in [6, 6.07) is 11.9. The molecule has 0 bridgehead atoms. The SMILES string of the molecule is CCc1ccc(-n2nnc(C(=O)O)c2Cc2cccs2)cc1. The van der Waals surface area contributed by atoms with Gasteiger partial charge in [-0.2, -0.15) is 0 Å². The minimum Gasteiger partial charge on any atom is -0.476 e. The van der Waals surface area contributed by atoms with Gasteiger partial charge in [0.15, 0.2) is 5.69 Å². The number of carbonyl (C=O) groups is 1. The van der Waals surface area contributed by atoms with Crippen LogP contribution >= 0.6 is 11.3 Å². The Labute approximate surface area is 131 Å². The van der Waals surface area contributed by atoms with Crippen LogP contribution in [-0.2, 0) is 12.8 Å². The number of nitrogens with zero attached hydrogens (tertiary/aromatic N) is 3. The van der Waals surface area contributed by atoms with E-state index in [1.54, 1.807) is 16.0 Å². The van der Waals surface area contributed by atoms with E-state index in [0.717, 1.165) is 17.0 Å². The van der Waals surface area contributed by atoms with Gasteiger partial charge in [-0.15, -0.1) is 16.4 Å². The summed E-state index contributed by atoms with van der Waals surface area (Å²) in [7, 11) is 0. The molecule has 0 aliphatic carbocycles. The molecule has 0 aliphatic heterocycles. The van der Waals surface area contributed by atoms with Gasteiger partial charge in [-0.25, -0.2) is 9.48 Å². The summed E-state index contributed by atoms with van der Waals surface area (Å²) in [6.45, 7) is 2.09. The van der Waals surface area contributed by atoms with Crippen LogP contribution in [0, 0.1) is 0 Å². The van der Waals surface area contributed by atoms with Gasteiger partial charge >= 0.3 is 5.97 Å². The molecular weight excluding hydrogens is 298 g/mol. The molecule has 1 aromatic carbocycles. The van der Waals surface area contributed by atoms with Crippen molar-refractivity contribution in [3.8, 4) is 5.69 Å². The highest BCUT2D eigenvalue weighted by Gasteiger charge is 2.20. The first-order valence-corrected chi connectivity index (χ1v) is 7.86. The van der Waals surface area contributed by atoms with Crippen molar-refractivity contribution < 1.29 is 9.90 Å². The van der Waals surface area contributed by atoms with E-state index in [1.807, 2.05) is 41.8 Å². The van der Waals surface area contributed by atoms with E-state index in [4.69, 9.17) is 0 Å². The summed E-state index contributed by atoms with van der Waals surface area (Å²) < 4.78 is 1.61. The highest BCUT2D eigenvalue weighted by Crippen LogP contribution is 2.20. The molecular formula is C16H15N3O2S. The zero-order valence-corrected chi connectivity index (χ0v) is 12.9. The van der Waals surface area contributed by atoms with Crippen LogP contribution in [-0.4, -0.2) is 26.1 Å². The van der Waals surface area contributed by atoms with Crippen LogP contribution in [0.25, 0.3) is 5.69 Å². The molecule has 3 rings (SSSR count). The van der Waals surface area contributed by atoms with E-state index >= 15 is 0 Å². The summed E-state index contributed by atoms with van der Waals surface area (Å²) in [5.41, 5.74) is 2.65. The average molecular weight is 313 g/mol. The molecule has 22 heavy (non-hydrogen) atoms. The average Bonchev–Trinajstić information content (AvgIpc) is 3.17. The Balaban J connectivity index is 2.04. The lowest BCUT2D eigenvalue weighted by atomic mass is 10.1. The number of hydrogen-bond acceptors (Lipinski definition) is 4. The highest BCUT2D eigenvalue weighted by atomic mass is 32.1. The Morgan fingerprint density at radius 3 is 2.64 bits per heavy atom. The van der Waals surface area contributed by atoms with Crippen molar-refractivity contribution in [1.29, 1.82) is 0 Å². The van der Waals surface area contributed by atoms with Gasteiger partial charge in [0.1, 0.15) is 0 Å². The van der Waals surface area contributed by atoms with E-state index in [-0.39, 0.29) is 5.69 Å². The normalized spacial score (nSPS) is 10.8. The summed E-state index contributed by atoms with van der Waals surface area (Å²) in [5, 5.41) is 19.2. The van der Waals surface area contributed by atoms with Crippen LogP contribution in [0.2, 0.25) is 0 Å². The Kier molecular flexibility index (Phi) is 4.02. The molecule has 0 saturated heterocycles. The first-order valence-electron chi connectivity index (χ1n) is 6.98. The summed E-state index contributed by atoms with van der Waals surface area (Å²) in [5.74, 6) is -1.05. The molecule has 0 fully saturated rings. The number of hydrogen-bond donors (Lipinski definition) is 1. The third-order valence-electron chi connectivity index (χ3n) is 3.48. The predicted octanol–water partition coefficient (Wildman–Crippen LogP) is 3.18. The van der Waals surface area contributed by atoms with Gasteiger partial charge in [0.05, 0.1) is 11.4 Å². The van der Waals surface area contributed by atoms with Crippen molar-refractivity contribution >= 4 is 17.3 Å². The monoisotopic (exact) mass is 313 g/mol. The fraction of sp³-hybridized carbons (Fsp3) is 0.188. The molecule has 0 atom stereocenters. The smallest absolute Gasteiger partial charge is 0.358 e. The number of carboxylic acid groups (broad SMARTS) is 1. The van der Waals surface area contributed by atoms with Crippen molar-refractivity contribution in [1.82, 2.24) is 15.0 Å². The van der Waals surface area contributed by atoms with Crippen LogP contribution in [0.4, 0.5) is 0 Å². The maximum atomic E-state index is 11.4. The largest absolute Gasteiger partial charge is 0.476 e. The third-order valence-corrected chi connectivity index (χ3v) is 4.35. The van der Waals surface area contributed by atoms with Crippen molar-refractivity contribution in [2.45, 2.75) is 19.8 Å². The van der Waals surface area contributed by atoms with Crippen LogP contribution in [0.5, 0.6) is 0 Å². The molecule has 0 unspecified atom stereocenters. The van der Waals surface area contributed by atoms with Gasteiger partial charge in [-0.3, -0.25) is 0 Å². The van der Waals surface area contributed by atoms with Crippen molar-refractivity contribution in [2.24, 2.45) is 0 Å². The van der Waals surface area contributed by atoms with Crippen LogP contribution in [0.3, 0.4) is 0 Å². The molecule has 6 heteroatoms. The zero-order chi connectivity index (χ0) is 15.5. The minimum absolute atomic E-state index is 0.00738. The van der Waals surface area contributed by atoms with E-state index in [9.17, 15) is 9.90 Å². The summed E-state index contributed by atoms with van der Waals surface area (Å²) in [4.78, 5) is 12.5. The maximum absolute atomic E-state index is 11.4. The Morgan fingerprint density at radius 1 is 1.27 bits per heavy atom. The Morgan fingerprint density at radius 2 is 2.05 bits per heavy atom. The van der Waals surface area contributed by atoms with Crippen LogP contribution < -0.4 is 0 Å². The number of carboxylic acids is 1. The predicted molar refractivity (Wildman–Crippen MR) is 84.8 cm³/mol. The van der Waals surface area contributed by atoms with Gasteiger partial charge in [0.2, 0.25) is 0 Å². The molecule has 0 aliphatic rings. The molecule has 0 saturated carbocycles.